The van der Waals surface area contributed by atoms with Crippen LogP contribution in [0.4, 0.5) is 0 Å². The van der Waals surface area contributed by atoms with Gasteiger partial charge in [-0.2, -0.15) is 0 Å². The molecule has 0 fully saturated rings. The van der Waals surface area contributed by atoms with Gasteiger partial charge >= 0.3 is 5.97 Å². The lowest BCUT2D eigenvalue weighted by molar-refractivity contribution is -0.143. The van der Waals surface area contributed by atoms with Crippen LogP contribution in [0, 0.1) is 0 Å². The van der Waals surface area contributed by atoms with E-state index in [0.29, 0.717) is 0 Å². The van der Waals surface area contributed by atoms with Crippen molar-refractivity contribution in [2.45, 2.75) is 11.5 Å². The molecule has 2 aromatic rings. The lowest BCUT2D eigenvalue weighted by Gasteiger charge is -2.11. The number of primary sulfonamides is 1. The quantitative estimate of drug-likeness (QED) is 0.687. The molecule has 0 aliphatic carbocycles. The molecule has 0 radical (unpaired) electrons. The predicted molar refractivity (Wildman–Crippen MR) is 92.9 cm³/mol. The summed E-state index contributed by atoms with van der Waals surface area (Å²) in [4.78, 5) is 23.8. The molecule has 0 aliphatic heterocycles. The molecule has 0 heterocycles. The summed E-state index contributed by atoms with van der Waals surface area (Å²) in [6.45, 7) is -0.297. The lowest BCUT2D eigenvalue weighted by atomic mass is 10.2. The van der Waals surface area contributed by atoms with Crippen LogP contribution in [0.25, 0.3) is 0 Å². The Morgan fingerprint density at radius 1 is 1.12 bits per heavy atom. The Morgan fingerprint density at radius 3 is 2.42 bits per heavy atom. The highest BCUT2D eigenvalue weighted by molar-refractivity contribution is 7.89. The first-order chi connectivity index (χ1) is 12.3. The number of esters is 1. The van der Waals surface area contributed by atoms with Crippen molar-refractivity contribution in [1.29, 1.82) is 0 Å². The molecule has 0 saturated carbocycles. The Morgan fingerprint density at radius 2 is 1.81 bits per heavy atom. The van der Waals surface area contributed by atoms with E-state index < -0.39 is 21.9 Å². The van der Waals surface area contributed by atoms with Crippen LogP contribution >= 0.6 is 0 Å². The summed E-state index contributed by atoms with van der Waals surface area (Å²) >= 11 is 0. The molecule has 138 valence electrons. The average Bonchev–Trinajstić information content (AvgIpc) is 2.64. The second kappa shape index (κ2) is 8.45. The SMILES string of the molecule is COc1ccc(S(N)(=O)=O)cc1C(=O)NCC(=O)OCc1ccccc1. The number of carbonyl (C=O) groups excluding carboxylic acids is 2. The van der Waals surface area contributed by atoms with Gasteiger partial charge in [-0.15, -0.1) is 0 Å². The molecule has 0 saturated heterocycles. The number of methoxy groups -OCH3 is 1. The summed E-state index contributed by atoms with van der Waals surface area (Å²) < 4.78 is 32.9. The Bertz CT molecular complexity index is 897. The first kappa shape index (κ1) is 19.4. The summed E-state index contributed by atoms with van der Waals surface area (Å²) in [5, 5.41) is 7.42. The number of benzene rings is 2. The summed E-state index contributed by atoms with van der Waals surface area (Å²) in [5.74, 6) is -1.18. The van der Waals surface area contributed by atoms with Crippen molar-refractivity contribution in [3.63, 3.8) is 0 Å². The third-order valence-electron chi connectivity index (χ3n) is 3.38. The van der Waals surface area contributed by atoms with E-state index in [0.717, 1.165) is 11.6 Å². The van der Waals surface area contributed by atoms with Crippen molar-refractivity contribution in [3.05, 3.63) is 59.7 Å². The number of nitrogens with one attached hydrogen (secondary N) is 1. The number of nitrogens with two attached hydrogens (primary N) is 1. The molecule has 0 aliphatic rings. The zero-order valence-corrected chi connectivity index (χ0v) is 14.8. The van der Waals surface area contributed by atoms with Gasteiger partial charge < -0.3 is 14.8 Å². The van der Waals surface area contributed by atoms with Crippen LogP contribution in [-0.4, -0.2) is 33.9 Å². The van der Waals surface area contributed by atoms with Crippen LogP contribution in [0.5, 0.6) is 5.75 Å². The average molecular weight is 378 g/mol. The molecule has 1 amide bonds. The maximum absolute atomic E-state index is 12.2. The van der Waals surface area contributed by atoms with E-state index in [1.54, 1.807) is 12.1 Å². The standard InChI is InChI=1S/C17H18N2O6S/c1-24-15-8-7-13(26(18,22)23)9-14(15)17(21)19-10-16(20)25-11-12-5-3-2-4-6-12/h2-9H,10-11H2,1H3,(H,19,21)(H2,18,22,23). The Hall–Kier alpha value is -2.91. The second-order valence-electron chi connectivity index (χ2n) is 5.24. The molecule has 2 aromatic carbocycles. The van der Waals surface area contributed by atoms with Crippen LogP contribution in [0.1, 0.15) is 15.9 Å². The molecule has 3 N–H and O–H groups in total. The van der Waals surface area contributed by atoms with Gasteiger partial charge in [0.1, 0.15) is 18.9 Å². The van der Waals surface area contributed by atoms with E-state index in [1.165, 1.54) is 19.2 Å². The van der Waals surface area contributed by atoms with Crippen LogP contribution in [0.15, 0.2) is 53.4 Å². The van der Waals surface area contributed by atoms with E-state index in [4.69, 9.17) is 14.6 Å². The normalized spacial score (nSPS) is 10.8. The molecular weight excluding hydrogens is 360 g/mol. The highest BCUT2D eigenvalue weighted by atomic mass is 32.2. The van der Waals surface area contributed by atoms with E-state index >= 15 is 0 Å². The van der Waals surface area contributed by atoms with Crippen LogP contribution in [0.3, 0.4) is 0 Å². The zero-order valence-electron chi connectivity index (χ0n) is 14.0. The molecule has 0 spiro atoms. The van der Waals surface area contributed by atoms with E-state index in [9.17, 15) is 18.0 Å². The summed E-state index contributed by atoms with van der Waals surface area (Å²) in [7, 11) is -2.65. The van der Waals surface area contributed by atoms with Crippen molar-refractivity contribution in [2.24, 2.45) is 5.14 Å². The number of hydrogen-bond donors (Lipinski definition) is 2. The van der Waals surface area contributed by atoms with Gasteiger partial charge in [0, 0.05) is 0 Å². The van der Waals surface area contributed by atoms with Gasteiger partial charge in [-0.25, -0.2) is 13.6 Å². The summed E-state index contributed by atoms with van der Waals surface area (Å²) in [6, 6.07) is 12.7. The number of amides is 1. The Balaban J connectivity index is 1.99. The van der Waals surface area contributed by atoms with Gasteiger partial charge in [-0.3, -0.25) is 9.59 Å². The first-order valence-electron chi connectivity index (χ1n) is 7.50. The maximum Gasteiger partial charge on any atom is 0.325 e. The van der Waals surface area contributed by atoms with Gasteiger partial charge in [0.25, 0.3) is 5.91 Å². The number of hydrogen-bond acceptors (Lipinski definition) is 6. The molecule has 0 bridgehead atoms. The van der Waals surface area contributed by atoms with E-state index in [1.807, 2.05) is 18.2 Å². The van der Waals surface area contributed by atoms with E-state index in [2.05, 4.69) is 5.32 Å². The van der Waals surface area contributed by atoms with Crippen LogP contribution < -0.4 is 15.2 Å². The molecular formula is C17H18N2O6S. The summed E-state index contributed by atoms with van der Waals surface area (Å²) in [6.07, 6.45) is 0. The van der Waals surface area contributed by atoms with Gasteiger partial charge in [0.05, 0.1) is 17.6 Å². The van der Waals surface area contributed by atoms with Crippen molar-refractivity contribution < 1.29 is 27.5 Å². The van der Waals surface area contributed by atoms with Crippen LogP contribution in [-0.2, 0) is 26.2 Å². The van der Waals surface area contributed by atoms with Gasteiger partial charge in [-0.05, 0) is 23.8 Å². The minimum Gasteiger partial charge on any atom is -0.496 e. The van der Waals surface area contributed by atoms with Gasteiger partial charge in [-0.1, -0.05) is 30.3 Å². The van der Waals surface area contributed by atoms with Crippen molar-refractivity contribution >= 4 is 21.9 Å². The van der Waals surface area contributed by atoms with E-state index in [-0.39, 0.29) is 29.4 Å². The number of carbonyl (C=O) groups is 2. The summed E-state index contributed by atoms with van der Waals surface area (Å²) in [5.41, 5.74) is 0.754. The molecule has 2 rings (SSSR count). The molecule has 26 heavy (non-hydrogen) atoms. The molecule has 0 aromatic heterocycles. The maximum atomic E-state index is 12.2. The largest absolute Gasteiger partial charge is 0.496 e. The molecule has 9 heteroatoms. The Labute approximate surface area is 151 Å². The zero-order chi connectivity index (χ0) is 19.2. The fourth-order valence-electron chi connectivity index (χ4n) is 2.08. The fraction of sp³-hybridized carbons (Fsp3) is 0.176. The third-order valence-corrected chi connectivity index (χ3v) is 4.29. The van der Waals surface area contributed by atoms with Crippen molar-refractivity contribution in [1.82, 2.24) is 5.32 Å². The number of rotatable bonds is 7. The number of ether oxygens (including phenoxy) is 2. The monoisotopic (exact) mass is 378 g/mol. The predicted octanol–water partition coefficient (Wildman–Crippen LogP) is 0.816. The molecule has 8 nitrogen and oxygen atoms in total. The topological polar surface area (TPSA) is 125 Å². The molecule has 0 atom stereocenters. The highest BCUT2D eigenvalue weighted by Crippen LogP contribution is 2.21. The van der Waals surface area contributed by atoms with Crippen molar-refractivity contribution in [2.75, 3.05) is 13.7 Å². The lowest BCUT2D eigenvalue weighted by Crippen LogP contribution is -2.31. The van der Waals surface area contributed by atoms with Gasteiger partial charge in [0.15, 0.2) is 0 Å². The van der Waals surface area contributed by atoms with Crippen molar-refractivity contribution in [3.8, 4) is 5.75 Å². The second-order valence-corrected chi connectivity index (χ2v) is 6.80. The highest BCUT2D eigenvalue weighted by Gasteiger charge is 2.18. The minimum absolute atomic E-state index is 0.0603. The number of sulfonamides is 1. The Kier molecular flexibility index (Phi) is 6.31. The first-order valence-corrected chi connectivity index (χ1v) is 9.04. The fourth-order valence-corrected chi connectivity index (χ4v) is 2.62. The molecule has 0 unspecified atom stereocenters. The van der Waals surface area contributed by atoms with Crippen LogP contribution in [0.2, 0.25) is 0 Å². The minimum atomic E-state index is -3.98. The smallest absolute Gasteiger partial charge is 0.325 e. The van der Waals surface area contributed by atoms with Gasteiger partial charge in [0.2, 0.25) is 10.0 Å². The third kappa shape index (κ3) is 5.30.